The van der Waals surface area contributed by atoms with Gasteiger partial charge in [-0.3, -0.25) is 4.79 Å². The second-order valence-electron chi connectivity index (χ2n) is 6.46. The van der Waals surface area contributed by atoms with Crippen LogP contribution in [-0.2, 0) is 4.79 Å². The number of aryl methyl sites for hydroxylation is 1. The Morgan fingerprint density at radius 1 is 1.03 bits per heavy atom. The predicted molar refractivity (Wildman–Crippen MR) is 116 cm³/mol. The van der Waals surface area contributed by atoms with E-state index in [4.69, 9.17) is 16.3 Å². The standard InChI is InChI=1S/C24H17ClN2O3/c1-16-3-2-4-21(13-16)27-23(28)19(15-26)14-17-5-11-22(12-6-17)30-24(29)18-7-9-20(25)10-8-18/h2-14H,1H3,(H,27,28)/b19-14+. The van der Waals surface area contributed by atoms with Gasteiger partial charge in [-0.1, -0.05) is 35.9 Å². The minimum Gasteiger partial charge on any atom is -0.423 e. The summed E-state index contributed by atoms with van der Waals surface area (Å²) in [6, 6.07) is 22.1. The van der Waals surface area contributed by atoms with Crippen LogP contribution < -0.4 is 10.1 Å². The van der Waals surface area contributed by atoms with E-state index in [-0.39, 0.29) is 5.57 Å². The van der Waals surface area contributed by atoms with E-state index in [1.54, 1.807) is 54.6 Å². The Kier molecular flexibility index (Phi) is 6.63. The zero-order chi connectivity index (χ0) is 21.5. The van der Waals surface area contributed by atoms with E-state index in [9.17, 15) is 14.9 Å². The van der Waals surface area contributed by atoms with Crippen LogP contribution in [0.1, 0.15) is 21.5 Å². The number of nitrogens with one attached hydrogen (secondary N) is 1. The highest BCUT2D eigenvalue weighted by molar-refractivity contribution is 6.30. The van der Waals surface area contributed by atoms with Gasteiger partial charge in [-0.05, 0) is 72.7 Å². The van der Waals surface area contributed by atoms with Crippen molar-refractivity contribution in [3.05, 3.63) is 100 Å². The molecule has 0 aliphatic rings. The Hall–Kier alpha value is -3.88. The van der Waals surface area contributed by atoms with Crippen LogP contribution in [0, 0.1) is 18.3 Å². The van der Waals surface area contributed by atoms with E-state index in [1.165, 1.54) is 6.08 Å². The molecule has 0 bridgehead atoms. The van der Waals surface area contributed by atoms with E-state index in [1.807, 2.05) is 31.2 Å². The predicted octanol–water partition coefficient (Wildman–Crippen LogP) is 5.41. The van der Waals surface area contributed by atoms with Crippen LogP contribution in [0.3, 0.4) is 0 Å². The summed E-state index contributed by atoms with van der Waals surface area (Å²) in [4.78, 5) is 24.5. The molecule has 3 aromatic rings. The molecule has 6 heteroatoms. The average Bonchev–Trinajstić information content (AvgIpc) is 2.73. The summed E-state index contributed by atoms with van der Waals surface area (Å²) in [5.41, 5.74) is 2.58. The summed E-state index contributed by atoms with van der Waals surface area (Å²) in [6.45, 7) is 1.91. The molecule has 0 saturated carbocycles. The molecule has 5 nitrogen and oxygen atoms in total. The molecule has 1 N–H and O–H groups in total. The summed E-state index contributed by atoms with van der Waals surface area (Å²) in [7, 11) is 0. The van der Waals surface area contributed by atoms with Crippen LogP contribution >= 0.6 is 11.6 Å². The first-order valence-corrected chi connectivity index (χ1v) is 9.40. The Morgan fingerprint density at radius 3 is 2.37 bits per heavy atom. The van der Waals surface area contributed by atoms with Gasteiger partial charge >= 0.3 is 5.97 Å². The number of halogens is 1. The molecule has 0 unspecified atom stereocenters. The summed E-state index contributed by atoms with van der Waals surface area (Å²) in [5.74, 6) is -0.665. The summed E-state index contributed by atoms with van der Waals surface area (Å²) in [5, 5.41) is 12.6. The molecule has 0 aliphatic carbocycles. The molecule has 0 aliphatic heterocycles. The lowest BCUT2D eigenvalue weighted by molar-refractivity contribution is -0.112. The number of hydrogen-bond acceptors (Lipinski definition) is 4. The molecule has 0 spiro atoms. The highest BCUT2D eigenvalue weighted by Crippen LogP contribution is 2.18. The third-order valence-corrected chi connectivity index (χ3v) is 4.37. The number of nitrogens with zero attached hydrogens (tertiary/aromatic N) is 1. The molecule has 0 atom stereocenters. The number of anilines is 1. The smallest absolute Gasteiger partial charge is 0.343 e. The molecule has 0 saturated heterocycles. The van der Waals surface area contributed by atoms with Gasteiger partial charge in [0.15, 0.2) is 0 Å². The van der Waals surface area contributed by atoms with Crippen molar-refractivity contribution in [1.29, 1.82) is 5.26 Å². The largest absolute Gasteiger partial charge is 0.423 e. The highest BCUT2D eigenvalue weighted by Gasteiger charge is 2.11. The van der Waals surface area contributed by atoms with Crippen molar-refractivity contribution in [3.8, 4) is 11.8 Å². The molecule has 0 fully saturated rings. The maximum absolute atomic E-state index is 12.4. The maximum atomic E-state index is 12.4. The number of carbonyl (C=O) groups excluding carboxylic acids is 2. The van der Waals surface area contributed by atoms with Gasteiger partial charge in [-0.25, -0.2) is 4.79 Å². The first kappa shape index (κ1) is 20.8. The highest BCUT2D eigenvalue weighted by atomic mass is 35.5. The average molecular weight is 417 g/mol. The van der Waals surface area contributed by atoms with E-state index in [0.717, 1.165) is 5.56 Å². The van der Waals surface area contributed by atoms with Crippen molar-refractivity contribution >= 4 is 35.2 Å². The van der Waals surface area contributed by atoms with Gasteiger partial charge in [0.1, 0.15) is 17.4 Å². The number of esters is 1. The molecule has 1 amide bonds. The molecular weight excluding hydrogens is 400 g/mol. The number of nitriles is 1. The van der Waals surface area contributed by atoms with E-state index in [0.29, 0.717) is 27.6 Å². The fourth-order valence-electron chi connectivity index (χ4n) is 2.62. The van der Waals surface area contributed by atoms with Gasteiger partial charge < -0.3 is 10.1 Å². The van der Waals surface area contributed by atoms with Gasteiger partial charge in [0.05, 0.1) is 5.56 Å². The van der Waals surface area contributed by atoms with Gasteiger partial charge in [0.2, 0.25) is 0 Å². The topological polar surface area (TPSA) is 79.2 Å². The third kappa shape index (κ3) is 5.57. The first-order valence-electron chi connectivity index (χ1n) is 9.02. The minimum atomic E-state index is -0.509. The van der Waals surface area contributed by atoms with Crippen molar-refractivity contribution in [1.82, 2.24) is 0 Å². The molecule has 30 heavy (non-hydrogen) atoms. The number of carbonyl (C=O) groups is 2. The van der Waals surface area contributed by atoms with Gasteiger partial charge in [-0.2, -0.15) is 5.26 Å². The monoisotopic (exact) mass is 416 g/mol. The van der Waals surface area contributed by atoms with Gasteiger partial charge in [0, 0.05) is 10.7 Å². The second kappa shape index (κ2) is 9.55. The number of rotatable bonds is 5. The first-order chi connectivity index (χ1) is 14.4. The minimum absolute atomic E-state index is 0.0394. The molecule has 148 valence electrons. The van der Waals surface area contributed by atoms with E-state index >= 15 is 0 Å². The number of ether oxygens (including phenoxy) is 1. The molecular formula is C24H17ClN2O3. The molecule has 0 radical (unpaired) electrons. The lowest BCUT2D eigenvalue weighted by Crippen LogP contribution is -2.13. The SMILES string of the molecule is Cc1cccc(NC(=O)/C(C#N)=C/c2ccc(OC(=O)c3ccc(Cl)cc3)cc2)c1. The van der Waals surface area contributed by atoms with Gasteiger partial charge in [-0.15, -0.1) is 0 Å². The Morgan fingerprint density at radius 2 is 1.73 bits per heavy atom. The zero-order valence-electron chi connectivity index (χ0n) is 16.1. The van der Waals surface area contributed by atoms with Gasteiger partial charge in [0.25, 0.3) is 5.91 Å². The van der Waals surface area contributed by atoms with E-state index < -0.39 is 11.9 Å². The molecule has 0 heterocycles. The second-order valence-corrected chi connectivity index (χ2v) is 6.90. The van der Waals surface area contributed by atoms with Crippen LogP contribution in [0.2, 0.25) is 5.02 Å². The van der Waals surface area contributed by atoms with E-state index in [2.05, 4.69) is 5.32 Å². The van der Waals surface area contributed by atoms with Crippen LogP contribution in [-0.4, -0.2) is 11.9 Å². The summed E-state index contributed by atoms with van der Waals surface area (Å²) >= 11 is 5.81. The van der Waals surface area contributed by atoms with Crippen molar-refractivity contribution in [2.45, 2.75) is 6.92 Å². The Bertz CT molecular complexity index is 1140. The molecule has 3 rings (SSSR count). The molecule has 0 aromatic heterocycles. The lowest BCUT2D eigenvalue weighted by Gasteiger charge is -2.06. The molecule has 3 aromatic carbocycles. The van der Waals surface area contributed by atoms with Crippen molar-refractivity contribution in [2.75, 3.05) is 5.32 Å². The van der Waals surface area contributed by atoms with Crippen molar-refractivity contribution in [2.24, 2.45) is 0 Å². The third-order valence-electron chi connectivity index (χ3n) is 4.12. The fourth-order valence-corrected chi connectivity index (χ4v) is 2.75. The lowest BCUT2D eigenvalue weighted by atomic mass is 10.1. The van der Waals surface area contributed by atoms with Crippen molar-refractivity contribution < 1.29 is 14.3 Å². The quantitative estimate of drug-likeness (QED) is 0.261. The Balaban J connectivity index is 1.68. The fraction of sp³-hybridized carbons (Fsp3) is 0.0417. The van der Waals surface area contributed by atoms with Crippen LogP contribution in [0.25, 0.3) is 6.08 Å². The Labute approximate surface area is 179 Å². The number of amides is 1. The van der Waals surface area contributed by atoms with Crippen LogP contribution in [0.4, 0.5) is 5.69 Å². The van der Waals surface area contributed by atoms with Crippen molar-refractivity contribution in [3.63, 3.8) is 0 Å². The zero-order valence-corrected chi connectivity index (χ0v) is 16.8. The maximum Gasteiger partial charge on any atom is 0.343 e. The van der Waals surface area contributed by atoms with Crippen LogP contribution in [0.15, 0.2) is 78.4 Å². The summed E-state index contributed by atoms with van der Waals surface area (Å²) < 4.78 is 5.32. The van der Waals surface area contributed by atoms with Crippen LogP contribution in [0.5, 0.6) is 5.75 Å². The normalized spacial score (nSPS) is 10.8. The number of benzene rings is 3. The number of hydrogen-bond donors (Lipinski definition) is 1. The summed E-state index contributed by atoms with van der Waals surface area (Å²) in [6.07, 6.45) is 1.47.